The van der Waals surface area contributed by atoms with Crippen molar-refractivity contribution in [1.82, 2.24) is 4.90 Å². The Morgan fingerprint density at radius 2 is 1.92 bits per heavy atom. The minimum absolute atomic E-state index is 0.866. The van der Waals surface area contributed by atoms with Crippen LogP contribution in [0.2, 0.25) is 0 Å². The Labute approximate surface area is 78.1 Å². The molecule has 0 spiro atoms. The molecule has 1 fully saturated rings. The van der Waals surface area contributed by atoms with Crippen LogP contribution in [0.15, 0.2) is 0 Å². The lowest BCUT2D eigenvalue weighted by Gasteiger charge is -2.20. The third-order valence-corrected chi connectivity index (χ3v) is 2.41. The smallest absolute Gasteiger partial charge is 0.00951 e. The molecule has 1 heterocycles. The Hall–Kier alpha value is -0.0400. The maximum atomic E-state index is 2.50. The molecule has 0 saturated carbocycles. The van der Waals surface area contributed by atoms with E-state index >= 15 is 0 Å². The van der Waals surface area contributed by atoms with E-state index < -0.39 is 0 Å². The third kappa shape index (κ3) is 4.10. The molecule has 0 amide bonds. The first-order chi connectivity index (χ1) is 5.70. The zero-order valence-corrected chi connectivity index (χ0v) is 9.43. The van der Waals surface area contributed by atoms with Crippen LogP contribution in [0.3, 0.4) is 0 Å². The fourth-order valence-electron chi connectivity index (χ4n) is 1.82. The van der Waals surface area contributed by atoms with Gasteiger partial charge in [-0.3, -0.25) is 0 Å². The summed E-state index contributed by atoms with van der Waals surface area (Å²) >= 11 is 0. The minimum atomic E-state index is 0.866. The SMILES string of the molecule is CC.CC(C)CC1CCCN1C. The minimum Gasteiger partial charge on any atom is -0.303 e. The summed E-state index contributed by atoms with van der Waals surface area (Å²) < 4.78 is 0. The zero-order valence-electron chi connectivity index (χ0n) is 9.43. The summed E-state index contributed by atoms with van der Waals surface area (Å²) in [7, 11) is 2.25. The van der Waals surface area contributed by atoms with E-state index in [1.165, 1.54) is 25.8 Å². The lowest BCUT2D eigenvalue weighted by molar-refractivity contribution is 0.272. The fourth-order valence-corrected chi connectivity index (χ4v) is 1.82. The van der Waals surface area contributed by atoms with Crippen LogP contribution < -0.4 is 0 Å². The third-order valence-electron chi connectivity index (χ3n) is 2.41. The summed E-state index contributed by atoms with van der Waals surface area (Å²) in [4.78, 5) is 2.50. The van der Waals surface area contributed by atoms with Crippen molar-refractivity contribution in [1.29, 1.82) is 0 Å². The first-order valence-corrected chi connectivity index (χ1v) is 5.40. The second-order valence-corrected chi connectivity index (χ2v) is 3.91. The molecular formula is C11H25N. The van der Waals surface area contributed by atoms with Gasteiger partial charge in [-0.05, 0) is 38.8 Å². The van der Waals surface area contributed by atoms with Gasteiger partial charge in [-0.25, -0.2) is 0 Å². The molecule has 12 heavy (non-hydrogen) atoms. The number of rotatable bonds is 2. The molecule has 1 heteroatoms. The molecule has 1 aliphatic rings. The molecule has 1 rings (SSSR count). The Morgan fingerprint density at radius 1 is 1.33 bits per heavy atom. The van der Waals surface area contributed by atoms with Gasteiger partial charge in [-0.1, -0.05) is 27.7 Å². The van der Waals surface area contributed by atoms with Gasteiger partial charge in [0.1, 0.15) is 0 Å². The zero-order chi connectivity index (χ0) is 9.56. The maximum absolute atomic E-state index is 2.50. The molecule has 1 saturated heterocycles. The van der Waals surface area contributed by atoms with Crippen molar-refractivity contribution >= 4 is 0 Å². The lowest BCUT2D eigenvalue weighted by Crippen LogP contribution is -2.25. The molecule has 0 N–H and O–H groups in total. The van der Waals surface area contributed by atoms with Crippen molar-refractivity contribution in [2.75, 3.05) is 13.6 Å². The summed E-state index contributed by atoms with van der Waals surface area (Å²) in [6.45, 7) is 9.94. The average Bonchev–Trinajstić information content (AvgIpc) is 2.40. The topological polar surface area (TPSA) is 3.24 Å². The van der Waals surface area contributed by atoms with Gasteiger partial charge in [0.15, 0.2) is 0 Å². The largest absolute Gasteiger partial charge is 0.303 e. The quantitative estimate of drug-likeness (QED) is 0.617. The van der Waals surface area contributed by atoms with Crippen LogP contribution in [0.1, 0.15) is 47.0 Å². The van der Waals surface area contributed by atoms with Crippen LogP contribution in [-0.2, 0) is 0 Å². The Balaban J connectivity index is 0.000000561. The molecule has 1 aliphatic heterocycles. The molecule has 0 aromatic carbocycles. The van der Waals surface area contributed by atoms with E-state index in [0.29, 0.717) is 0 Å². The Bertz CT molecular complexity index is 99.2. The number of nitrogens with zero attached hydrogens (tertiary/aromatic N) is 1. The van der Waals surface area contributed by atoms with Crippen molar-refractivity contribution in [2.45, 2.75) is 53.0 Å². The normalized spacial score (nSPS) is 24.0. The monoisotopic (exact) mass is 171 g/mol. The second kappa shape index (κ2) is 6.47. The van der Waals surface area contributed by atoms with Crippen molar-refractivity contribution in [3.63, 3.8) is 0 Å². The predicted molar refractivity (Wildman–Crippen MR) is 56.5 cm³/mol. The highest BCUT2D eigenvalue weighted by Crippen LogP contribution is 2.20. The van der Waals surface area contributed by atoms with Crippen LogP contribution in [-0.4, -0.2) is 24.5 Å². The van der Waals surface area contributed by atoms with Gasteiger partial charge in [-0.15, -0.1) is 0 Å². The molecule has 1 unspecified atom stereocenters. The summed E-state index contributed by atoms with van der Waals surface area (Å²) in [6.07, 6.45) is 4.22. The van der Waals surface area contributed by atoms with E-state index in [1.54, 1.807) is 0 Å². The van der Waals surface area contributed by atoms with Crippen LogP contribution in [0.5, 0.6) is 0 Å². The van der Waals surface area contributed by atoms with Gasteiger partial charge in [0.05, 0.1) is 0 Å². The summed E-state index contributed by atoms with van der Waals surface area (Å²) in [5, 5.41) is 0. The summed E-state index contributed by atoms with van der Waals surface area (Å²) in [5.41, 5.74) is 0. The van der Waals surface area contributed by atoms with Crippen molar-refractivity contribution in [3.8, 4) is 0 Å². The average molecular weight is 171 g/mol. The van der Waals surface area contributed by atoms with Crippen LogP contribution in [0, 0.1) is 5.92 Å². The van der Waals surface area contributed by atoms with E-state index in [4.69, 9.17) is 0 Å². The van der Waals surface area contributed by atoms with Crippen LogP contribution in [0.25, 0.3) is 0 Å². The van der Waals surface area contributed by atoms with Gasteiger partial charge in [0.25, 0.3) is 0 Å². The van der Waals surface area contributed by atoms with Gasteiger partial charge in [-0.2, -0.15) is 0 Å². The summed E-state index contributed by atoms with van der Waals surface area (Å²) in [6, 6.07) is 0.889. The molecule has 0 aromatic rings. The highest BCUT2D eigenvalue weighted by atomic mass is 15.1. The van der Waals surface area contributed by atoms with E-state index in [9.17, 15) is 0 Å². The molecular weight excluding hydrogens is 146 g/mol. The Kier molecular flexibility index (Phi) is 6.45. The van der Waals surface area contributed by atoms with Gasteiger partial charge in [0, 0.05) is 6.04 Å². The first-order valence-electron chi connectivity index (χ1n) is 5.40. The van der Waals surface area contributed by atoms with Gasteiger partial charge >= 0.3 is 0 Å². The van der Waals surface area contributed by atoms with Crippen molar-refractivity contribution in [3.05, 3.63) is 0 Å². The van der Waals surface area contributed by atoms with E-state index in [-0.39, 0.29) is 0 Å². The molecule has 0 aliphatic carbocycles. The van der Waals surface area contributed by atoms with Crippen molar-refractivity contribution < 1.29 is 0 Å². The van der Waals surface area contributed by atoms with E-state index in [0.717, 1.165) is 12.0 Å². The fraction of sp³-hybridized carbons (Fsp3) is 1.00. The molecule has 1 nitrogen and oxygen atoms in total. The van der Waals surface area contributed by atoms with Gasteiger partial charge < -0.3 is 4.90 Å². The highest BCUT2D eigenvalue weighted by Gasteiger charge is 2.20. The first kappa shape index (κ1) is 12.0. The molecule has 74 valence electrons. The standard InChI is InChI=1S/C9H19N.C2H6/c1-8(2)7-9-5-4-6-10(9)3;1-2/h8-9H,4-7H2,1-3H3;1-2H3. The number of hydrogen-bond acceptors (Lipinski definition) is 1. The predicted octanol–water partition coefficient (Wildman–Crippen LogP) is 3.15. The molecule has 0 bridgehead atoms. The second-order valence-electron chi connectivity index (χ2n) is 3.91. The van der Waals surface area contributed by atoms with E-state index in [1.807, 2.05) is 13.8 Å². The number of likely N-dealkylation sites (tertiary alicyclic amines) is 1. The molecule has 0 radical (unpaired) electrons. The molecule has 1 atom stereocenters. The van der Waals surface area contributed by atoms with Crippen LogP contribution in [0.4, 0.5) is 0 Å². The molecule has 0 aromatic heterocycles. The van der Waals surface area contributed by atoms with Gasteiger partial charge in [0.2, 0.25) is 0 Å². The van der Waals surface area contributed by atoms with E-state index in [2.05, 4.69) is 25.8 Å². The highest BCUT2D eigenvalue weighted by molar-refractivity contribution is 4.76. The van der Waals surface area contributed by atoms with Crippen molar-refractivity contribution in [2.24, 2.45) is 5.92 Å². The lowest BCUT2D eigenvalue weighted by atomic mass is 10.0. The van der Waals surface area contributed by atoms with Crippen LogP contribution >= 0.6 is 0 Å². The maximum Gasteiger partial charge on any atom is 0.00951 e. The Morgan fingerprint density at radius 3 is 2.25 bits per heavy atom. The summed E-state index contributed by atoms with van der Waals surface area (Å²) in [5.74, 6) is 0.866. The number of hydrogen-bond donors (Lipinski definition) is 0.